The number of nitrogens with one attached hydrogen (secondary N) is 1. The van der Waals surface area contributed by atoms with Crippen LogP contribution in [0.4, 0.5) is 4.39 Å². The molecule has 1 atom stereocenters. The zero-order chi connectivity index (χ0) is 15.7. The number of benzene rings is 1. The summed E-state index contributed by atoms with van der Waals surface area (Å²) >= 11 is 0. The fourth-order valence-corrected chi connectivity index (χ4v) is 1.83. The third-order valence-corrected chi connectivity index (χ3v) is 2.93. The van der Waals surface area contributed by atoms with Crippen molar-refractivity contribution in [2.24, 2.45) is 5.73 Å². The van der Waals surface area contributed by atoms with Crippen LogP contribution in [0.1, 0.15) is 18.9 Å². The molecule has 1 aromatic carbocycles. The third-order valence-electron chi connectivity index (χ3n) is 2.93. The van der Waals surface area contributed by atoms with Gasteiger partial charge in [-0.05, 0) is 50.1 Å². The van der Waals surface area contributed by atoms with E-state index < -0.39 is 6.10 Å². The molecule has 0 saturated carbocycles. The lowest BCUT2D eigenvalue weighted by Gasteiger charge is -2.17. The van der Waals surface area contributed by atoms with Gasteiger partial charge in [0.2, 0.25) is 0 Å². The Balaban J connectivity index is 2.57. The van der Waals surface area contributed by atoms with E-state index in [0.717, 1.165) is 6.42 Å². The minimum atomic E-state index is -0.658. The number of ether oxygens (including phenoxy) is 2. The molecule has 0 bridgehead atoms. The second kappa shape index (κ2) is 9.31. The Bertz CT molecular complexity index is 455. The van der Waals surface area contributed by atoms with Gasteiger partial charge in [0.15, 0.2) is 6.10 Å². The number of methoxy groups -OCH3 is 1. The lowest BCUT2D eigenvalue weighted by atomic mass is 10.1. The molecule has 0 aliphatic heterocycles. The molecule has 0 radical (unpaired) electrons. The summed E-state index contributed by atoms with van der Waals surface area (Å²) in [5.41, 5.74) is 6.16. The van der Waals surface area contributed by atoms with Gasteiger partial charge in [0, 0.05) is 20.3 Å². The van der Waals surface area contributed by atoms with E-state index in [1.165, 1.54) is 18.2 Å². The van der Waals surface area contributed by atoms with Gasteiger partial charge in [0.05, 0.1) is 0 Å². The van der Waals surface area contributed by atoms with Crippen molar-refractivity contribution in [2.75, 3.05) is 26.8 Å². The Kier molecular flexibility index (Phi) is 7.71. The molecule has 0 aliphatic carbocycles. The number of carbonyl (C=O) groups excluding carboxylic acids is 1. The highest BCUT2D eigenvalue weighted by atomic mass is 19.1. The van der Waals surface area contributed by atoms with Gasteiger partial charge in [-0.25, -0.2) is 4.39 Å². The number of halogens is 1. The van der Waals surface area contributed by atoms with E-state index in [9.17, 15) is 9.18 Å². The SMILES string of the molecule is COCCCNC(=O)C(C)Oc1ccc(F)cc1CCN. The molecule has 0 spiro atoms. The van der Waals surface area contributed by atoms with E-state index in [1.807, 2.05) is 0 Å². The molecule has 1 amide bonds. The third kappa shape index (κ3) is 6.10. The Morgan fingerprint density at radius 2 is 2.24 bits per heavy atom. The first-order valence-corrected chi connectivity index (χ1v) is 7.00. The highest BCUT2D eigenvalue weighted by molar-refractivity contribution is 5.80. The fourth-order valence-electron chi connectivity index (χ4n) is 1.83. The molecule has 1 rings (SSSR count). The molecule has 21 heavy (non-hydrogen) atoms. The summed E-state index contributed by atoms with van der Waals surface area (Å²) in [6.45, 7) is 3.16. The number of amides is 1. The highest BCUT2D eigenvalue weighted by Crippen LogP contribution is 2.21. The molecule has 1 unspecified atom stereocenters. The van der Waals surface area contributed by atoms with E-state index in [4.69, 9.17) is 15.2 Å². The van der Waals surface area contributed by atoms with Crippen molar-refractivity contribution < 1.29 is 18.7 Å². The fraction of sp³-hybridized carbons (Fsp3) is 0.533. The van der Waals surface area contributed by atoms with Crippen LogP contribution in [0.2, 0.25) is 0 Å². The van der Waals surface area contributed by atoms with E-state index in [0.29, 0.717) is 37.4 Å². The molecule has 0 aliphatic rings. The summed E-state index contributed by atoms with van der Waals surface area (Å²) in [6.07, 6.45) is 0.577. The molecule has 0 heterocycles. The lowest BCUT2D eigenvalue weighted by molar-refractivity contribution is -0.127. The normalized spacial score (nSPS) is 12.0. The number of rotatable bonds is 9. The van der Waals surface area contributed by atoms with E-state index in [1.54, 1.807) is 14.0 Å². The van der Waals surface area contributed by atoms with Gasteiger partial charge < -0.3 is 20.5 Å². The summed E-state index contributed by atoms with van der Waals surface area (Å²) < 4.78 is 23.7. The minimum absolute atomic E-state index is 0.214. The van der Waals surface area contributed by atoms with Crippen LogP contribution >= 0.6 is 0 Å². The van der Waals surface area contributed by atoms with Gasteiger partial charge >= 0.3 is 0 Å². The molecule has 0 aromatic heterocycles. The summed E-state index contributed by atoms with van der Waals surface area (Å²) in [6, 6.07) is 4.21. The van der Waals surface area contributed by atoms with E-state index in [2.05, 4.69) is 5.32 Å². The molecular weight excluding hydrogens is 275 g/mol. The maximum atomic E-state index is 13.2. The van der Waals surface area contributed by atoms with Crippen LogP contribution < -0.4 is 15.8 Å². The predicted octanol–water partition coefficient (Wildman–Crippen LogP) is 1.25. The molecule has 5 nitrogen and oxygen atoms in total. The Morgan fingerprint density at radius 1 is 1.48 bits per heavy atom. The monoisotopic (exact) mass is 298 g/mol. The number of hydrogen-bond donors (Lipinski definition) is 2. The van der Waals surface area contributed by atoms with Crippen molar-refractivity contribution in [3.8, 4) is 5.75 Å². The topological polar surface area (TPSA) is 73.6 Å². The van der Waals surface area contributed by atoms with Crippen molar-refractivity contribution in [3.63, 3.8) is 0 Å². The zero-order valence-corrected chi connectivity index (χ0v) is 12.5. The second-order valence-corrected chi connectivity index (χ2v) is 4.69. The summed E-state index contributed by atoms with van der Waals surface area (Å²) in [5, 5.41) is 2.76. The van der Waals surface area contributed by atoms with Crippen LogP contribution in [-0.4, -0.2) is 38.8 Å². The molecule has 0 saturated heterocycles. The van der Waals surface area contributed by atoms with Crippen LogP contribution in [-0.2, 0) is 16.0 Å². The second-order valence-electron chi connectivity index (χ2n) is 4.69. The molecule has 0 fully saturated rings. The van der Waals surface area contributed by atoms with Crippen LogP contribution in [0, 0.1) is 5.82 Å². The summed E-state index contributed by atoms with van der Waals surface area (Å²) in [5.74, 6) is -0.0713. The predicted molar refractivity (Wildman–Crippen MR) is 78.8 cm³/mol. The molecule has 6 heteroatoms. The molecule has 1 aromatic rings. The summed E-state index contributed by atoms with van der Waals surface area (Å²) in [4.78, 5) is 11.9. The standard InChI is InChI=1S/C15H23FN2O3/c1-11(15(19)18-8-3-9-20-2)21-14-5-4-13(16)10-12(14)6-7-17/h4-5,10-11H,3,6-9,17H2,1-2H3,(H,18,19). The molecular formula is C15H23FN2O3. The largest absolute Gasteiger partial charge is 0.481 e. The summed E-state index contributed by atoms with van der Waals surface area (Å²) in [7, 11) is 1.61. The number of hydrogen-bond acceptors (Lipinski definition) is 4. The number of carbonyl (C=O) groups is 1. The van der Waals surface area contributed by atoms with Gasteiger partial charge in [0.1, 0.15) is 11.6 Å². The van der Waals surface area contributed by atoms with Gasteiger partial charge in [-0.2, -0.15) is 0 Å². The quantitative estimate of drug-likeness (QED) is 0.673. The van der Waals surface area contributed by atoms with Crippen molar-refractivity contribution in [1.29, 1.82) is 0 Å². The first-order chi connectivity index (χ1) is 10.1. The lowest BCUT2D eigenvalue weighted by Crippen LogP contribution is -2.37. The first-order valence-electron chi connectivity index (χ1n) is 7.00. The Labute approximate surface area is 124 Å². The van der Waals surface area contributed by atoms with E-state index in [-0.39, 0.29) is 11.7 Å². The maximum absolute atomic E-state index is 13.2. The highest BCUT2D eigenvalue weighted by Gasteiger charge is 2.16. The zero-order valence-electron chi connectivity index (χ0n) is 12.5. The molecule has 3 N–H and O–H groups in total. The number of nitrogens with two attached hydrogens (primary N) is 1. The average Bonchev–Trinajstić information content (AvgIpc) is 2.46. The minimum Gasteiger partial charge on any atom is -0.481 e. The smallest absolute Gasteiger partial charge is 0.260 e. The van der Waals surface area contributed by atoms with Crippen LogP contribution in [0.15, 0.2) is 18.2 Å². The van der Waals surface area contributed by atoms with Crippen LogP contribution in [0.5, 0.6) is 5.75 Å². The van der Waals surface area contributed by atoms with Crippen molar-refractivity contribution in [1.82, 2.24) is 5.32 Å². The Morgan fingerprint density at radius 3 is 2.90 bits per heavy atom. The van der Waals surface area contributed by atoms with Crippen molar-refractivity contribution >= 4 is 5.91 Å². The first kappa shape index (κ1) is 17.4. The average molecular weight is 298 g/mol. The van der Waals surface area contributed by atoms with Crippen LogP contribution in [0.25, 0.3) is 0 Å². The van der Waals surface area contributed by atoms with Gasteiger partial charge in [0.25, 0.3) is 5.91 Å². The van der Waals surface area contributed by atoms with Gasteiger partial charge in [-0.3, -0.25) is 4.79 Å². The maximum Gasteiger partial charge on any atom is 0.260 e. The van der Waals surface area contributed by atoms with Crippen molar-refractivity contribution in [2.45, 2.75) is 25.9 Å². The van der Waals surface area contributed by atoms with Gasteiger partial charge in [-0.1, -0.05) is 0 Å². The van der Waals surface area contributed by atoms with Gasteiger partial charge in [-0.15, -0.1) is 0 Å². The molecule has 118 valence electrons. The van der Waals surface area contributed by atoms with Crippen LogP contribution in [0.3, 0.4) is 0 Å². The van der Waals surface area contributed by atoms with Crippen molar-refractivity contribution in [3.05, 3.63) is 29.6 Å². The van der Waals surface area contributed by atoms with E-state index >= 15 is 0 Å². The Hall–Kier alpha value is -1.66.